The lowest BCUT2D eigenvalue weighted by Crippen LogP contribution is -2.20. The van der Waals surface area contributed by atoms with E-state index in [1.165, 1.54) is 0 Å². The fourth-order valence-corrected chi connectivity index (χ4v) is 2.72. The summed E-state index contributed by atoms with van der Waals surface area (Å²) in [6.45, 7) is 1.20. The van der Waals surface area contributed by atoms with Crippen LogP contribution in [0.15, 0.2) is 54.6 Å². The molecule has 1 heterocycles. The van der Waals surface area contributed by atoms with Gasteiger partial charge in [-0.15, -0.1) is 0 Å². The lowest BCUT2D eigenvalue weighted by molar-refractivity contribution is -0.141. The first-order valence-electron chi connectivity index (χ1n) is 7.00. The number of ether oxygens (including phenoxy) is 1. The highest BCUT2D eigenvalue weighted by Crippen LogP contribution is 2.31. The Morgan fingerprint density at radius 3 is 2.57 bits per heavy atom. The molecule has 0 aromatic heterocycles. The van der Waals surface area contributed by atoms with E-state index < -0.39 is 5.97 Å². The second kappa shape index (κ2) is 5.97. The first kappa shape index (κ1) is 13.6. The molecule has 0 bridgehead atoms. The van der Waals surface area contributed by atoms with Crippen molar-refractivity contribution in [1.29, 1.82) is 0 Å². The van der Waals surface area contributed by atoms with Crippen LogP contribution in [0.2, 0.25) is 0 Å². The molecular formula is C17H17NO3. The van der Waals surface area contributed by atoms with Gasteiger partial charge in [-0.2, -0.15) is 0 Å². The zero-order valence-corrected chi connectivity index (χ0v) is 11.5. The van der Waals surface area contributed by atoms with Crippen molar-refractivity contribution in [3.8, 4) is 11.5 Å². The van der Waals surface area contributed by atoms with Crippen molar-refractivity contribution in [3.63, 3.8) is 0 Å². The molecule has 0 spiro atoms. The van der Waals surface area contributed by atoms with Gasteiger partial charge >= 0.3 is 5.97 Å². The number of benzene rings is 2. The van der Waals surface area contributed by atoms with E-state index in [0.29, 0.717) is 13.1 Å². The normalized spacial score (nSPS) is 21.1. The van der Waals surface area contributed by atoms with Crippen LogP contribution in [0, 0.1) is 5.92 Å². The van der Waals surface area contributed by atoms with E-state index in [4.69, 9.17) is 4.74 Å². The molecule has 1 fully saturated rings. The minimum atomic E-state index is -0.751. The monoisotopic (exact) mass is 283 g/mol. The van der Waals surface area contributed by atoms with Crippen molar-refractivity contribution in [1.82, 2.24) is 5.32 Å². The number of nitrogens with one attached hydrogen (secondary N) is 1. The van der Waals surface area contributed by atoms with Gasteiger partial charge in [0.25, 0.3) is 0 Å². The molecule has 108 valence electrons. The van der Waals surface area contributed by atoms with Crippen LogP contribution < -0.4 is 10.1 Å². The number of aliphatic carboxylic acids is 1. The lowest BCUT2D eigenvalue weighted by Gasteiger charge is -2.16. The van der Waals surface area contributed by atoms with Gasteiger partial charge in [-0.1, -0.05) is 30.3 Å². The van der Waals surface area contributed by atoms with Crippen LogP contribution in [0.3, 0.4) is 0 Å². The number of hydrogen-bond acceptors (Lipinski definition) is 3. The maximum atomic E-state index is 11.3. The smallest absolute Gasteiger partial charge is 0.308 e. The van der Waals surface area contributed by atoms with Crippen LogP contribution >= 0.6 is 0 Å². The van der Waals surface area contributed by atoms with Gasteiger partial charge in [0, 0.05) is 19.0 Å². The van der Waals surface area contributed by atoms with Crippen molar-refractivity contribution in [2.45, 2.75) is 5.92 Å². The predicted molar refractivity (Wildman–Crippen MR) is 79.7 cm³/mol. The number of para-hydroxylation sites is 1. The number of hydrogen-bond donors (Lipinski definition) is 2. The maximum Gasteiger partial charge on any atom is 0.308 e. The average molecular weight is 283 g/mol. The van der Waals surface area contributed by atoms with Gasteiger partial charge in [0.1, 0.15) is 11.5 Å². The molecule has 1 aliphatic heterocycles. The van der Waals surface area contributed by atoms with E-state index >= 15 is 0 Å². The first-order valence-corrected chi connectivity index (χ1v) is 7.00. The predicted octanol–water partition coefficient (Wildman–Crippen LogP) is 2.87. The molecule has 2 unspecified atom stereocenters. The number of carbonyl (C=O) groups is 1. The molecule has 3 rings (SSSR count). The zero-order valence-electron chi connectivity index (χ0n) is 11.5. The Morgan fingerprint density at radius 1 is 1.05 bits per heavy atom. The van der Waals surface area contributed by atoms with Crippen molar-refractivity contribution in [2.75, 3.05) is 13.1 Å². The summed E-state index contributed by atoms with van der Waals surface area (Å²) in [4.78, 5) is 11.3. The molecule has 0 aliphatic carbocycles. The fourth-order valence-electron chi connectivity index (χ4n) is 2.72. The van der Waals surface area contributed by atoms with Gasteiger partial charge < -0.3 is 15.2 Å². The van der Waals surface area contributed by atoms with E-state index in [9.17, 15) is 9.90 Å². The standard InChI is InChI=1S/C17H17NO3/c19-17(20)16-11-18-10-15(16)12-5-4-8-14(9-12)21-13-6-2-1-3-7-13/h1-9,15-16,18H,10-11H2,(H,19,20). The van der Waals surface area contributed by atoms with E-state index in [2.05, 4.69) is 5.32 Å². The quantitative estimate of drug-likeness (QED) is 0.906. The molecule has 1 aliphatic rings. The SMILES string of the molecule is O=C(O)C1CNCC1c1cccc(Oc2ccccc2)c1. The second-order valence-electron chi connectivity index (χ2n) is 5.20. The van der Waals surface area contributed by atoms with Gasteiger partial charge in [0.2, 0.25) is 0 Å². The van der Waals surface area contributed by atoms with E-state index in [0.717, 1.165) is 17.1 Å². The third-order valence-electron chi connectivity index (χ3n) is 3.80. The molecule has 0 radical (unpaired) electrons. The van der Waals surface area contributed by atoms with E-state index in [1.54, 1.807) is 0 Å². The summed E-state index contributed by atoms with van der Waals surface area (Å²) in [5, 5.41) is 12.4. The third-order valence-corrected chi connectivity index (χ3v) is 3.80. The lowest BCUT2D eigenvalue weighted by atomic mass is 9.89. The highest BCUT2D eigenvalue weighted by molar-refractivity contribution is 5.72. The Kier molecular flexibility index (Phi) is 3.88. The van der Waals surface area contributed by atoms with Crippen LogP contribution in [0.5, 0.6) is 11.5 Å². The summed E-state index contributed by atoms with van der Waals surface area (Å²) >= 11 is 0. The molecule has 0 saturated carbocycles. The molecule has 2 aromatic rings. The Labute approximate surface area is 123 Å². The Balaban J connectivity index is 1.81. The summed E-state index contributed by atoms with van der Waals surface area (Å²) in [6.07, 6.45) is 0. The molecule has 4 nitrogen and oxygen atoms in total. The van der Waals surface area contributed by atoms with Crippen LogP contribution in [0.4, 0.5) is 0 Å². The highest BCUT2D eigenvalue weighted by atomic mass is 16.5. The van der Waals surface area contributed by atoms with Crippen LogP contribution in [0.25, 0.3) is 0 Å². The van der Waals surface area contributed by atoms with Gasteiger partial charge in [-0.05, 0) is 29.8 Å². The van der Waals surface area contributed by atoms with Crippen LogP contribution in [-0.4, -0.2) is 24.2 Å². The largest absolute Gasteiger partial charge is 0.481 e. The van der Waals surface area contributed by atoms with Crippen LogP contribution in [-0.2, 0) is 4.79 Å². The maximum absolute atomic E-state index is 11.3. The average Bonchev–Trinajstić information content (AvgIpc) is 2.98. The summed E-state index contributed by atoms with van der Waals surface area (Å²) < 4.78 is 5.81. The molecule has 21 heavy (non-hydrogen) atoms. The minimum Gasteiger partial charge on any atom is -0.481 e. The zero-order chi connectivity index (χ0) is 14.7. The third kappa shape index (κ3) is 3.06. The summed E-state index contributed by atoms with van der Waals surface area (Å²) in [5.41, 5.74) is 1.00. The number of carboxylic acid groups (broad SMARTS) is 1. The Morgan fingerprint density at radius 2 is 1.81 bits per heavy atom. The minimum absolute atomic E-state index is 0.0122. The van der Waals surface area contributed by atoms with E-state index in [1.807, 2.05) is 54.6 Å². The molecule has 2 atom stereocenters. The van der Waals surface area contributed by atoms with Gasteiger partial charge in [0.05, 0.1) is 5.92 Å². The van der Waals surface area contributed by atoms with Crippen molar-refractivity contribution >= 4 is 5.97 Å². The van der Waals surface area contributed by atoms with Crippen LogP contribution in [0.1, 0.15) is 11.5 Å². The van der Waals surface area contributed by atoms with Crippen molar-refractivity contribution < 1.29 is 14.6 Å². The van der Waals surface area contributed by atoms with Gasteiger partial charge in [-0.25, -0.2) is 0 Å². The molecule has 2 aromatic carbocycles. The molecule has 0 amide bonds. The Hall–Kier alpha value is -2.33. The first-order chi connectivity index (χ1) is 10.2. The molecule has 2 N–H and O–H groups in total. The van der Waals surface area contributed by atoms with E-state index in [-0.39, 0.29) is 11.8 Å². The summed E-state index contributed by atoms with van der Waals surface area (Å²) in [5.74, 6) is 0.363. The Bertz CT molecular complexity index is 627. The van der Waals surface area contributed by atoms with Gasteiger partial charge in [0.15, 0.2) is 0 Å². The molecular weight excluding hydrogens is 266 g/mol. The number of carboxylic acids is 1. The molecule has 1 saturated heterocycles. The van der Waals surface area contributed by atoms with Crippen molar-refractivity contribution in [3.05, 3.63) is 60.2 Å². The van der Waals surface area contributed by atoms with Gasteiger partial charge in [-0.3, -0.25) is 4.79 Å². The number of rotatable bonds is 4. The fraction of sp³-hybridized carbons (Fsp3) is 0.235. The second-order valence-corrected chi connectivity index (χ2v) is 5.20. The topological polar surface area (TPSA) is 58.6 Å². The summed E-state index contributed by atoms with van der Waals surface area (Å²) in [6, 6.07) is 17.2. The van der Waals surface area contributed by atoms with Crippen molar-refractivity contribution in [2.24, 2.45) is 5.92 Å². The highest BCUT2D eigenvalue weighted by Gasteiger charge is 2.33. The summed E-state index contributed by atoms with van der Waals surface area (Å²) in [7, 11) is 0. The molecule has 4 heteroatoms.